The highest BCUT2D eigenvalue weighted by Crippen LogP contribution is 2.54. The summed E-state index contributed by atoms with van der Waals surface area (Å²) in [7, 11) is 0. The van der Waals surface area contributed by atoms with Crippen molar-refractivity contribution in [2.24, 2.45) is 5.73 Å². The van der Waals surface area contributed by atoms with E-state index < -0.39 is 0 Å². The van der Waals surface area contributed by atoms with E-state index in [1.165, 1.54) is 16.7 Å². The molecule has 18 heavy (non-hydrogen) atoms. The predicted octanol–water partition coefficient (Wildman–Crippen LogP) is 2.28. The molecule has 2 N–H and O–H groups in total. The first-order valence-corrected chi connectivity index (χ1v) is 6.88. The van der Waals surface area contributed by atoms with Crippen LogP contribution >= 0.6 is 0 Å². The summed E-state index contributed by atoms with van der Waals surface area (Å²) in [5.41, 5.74) is 10.2. The average molecular weight is 245 g/mol. The highest BCUT2D eigenvalue weighted by Gasteiger charge is 2.47. The highest BCUT2D eigenvalue weighted by atomic mass is 16.5. The van der Waals surface area contributed by atoms with Crippen molar-refractivity contribution in [1.29, 1.82) is 0 Å². The van der Waals surface area contributed by atoms with E-state index in [0.29, 0.717) is 0 Å². The average Bonchev–Trinajstić information content (AvgIpc) is 2.76. The largest absolute Gasteiger partial charge is 0.490 e. The smallest absolute Gasteiger partial charge is 0.128 e. The van der Waals surface area contributed by atoms with Gasteiger partial charge < -0.3 is 15.2 Å². The molecule has 2 atom stereocenters. The Morgan fingerprint density at radius 3 is 2.61 bits per heavy atom. The van der Waals surface area contributed by atoms with E-state index in [1.807, 2.05) is 0 Å². The first-order valence-electron chi connectivity index (χ1n) is 6.88. The Bertz CT molecular complexity index is 498. The van der Waals surface area contributed by atoms with Crippen LogP contribution < -0.4 is 15.2 Å². The van der Waals surface area contributed by atoms with E-state index in [0.717, 1.165) is 37.2 Å². The fourth-order valence-corrected chi connectivity index (χ4v) is 3.34. The maximum atomic E-state index is 6.47. The normalized spacial score (nSPS) is 30.4. The molecule has 1 aliphatic carbocycles. The van der Waals surface area contributed by atoms with E-state index in [1.54, 1.807) is 0 Å². The molecule has 4 rings (SSSR count). The molecule has 1 aromatic carbocycles. The van der Waals surface area contributed by atoms with E-state index in [4.69, 9.17) is 15.2 Å². The maximum Gasteiger partial charge on any atom is 0.128 e. The molecule has 1 aromatic rings. The monoisotopic (exact) mass is 245 g/mol. The van der Waals surface area contributed by atoms with Crippen LogP contribution in [0.4, 0.5) is 0 Å². The van der Waals surface area contributed by atoms with Gasteiger partial charge in [-0.15, -0.1) is 0 Å². The number of nitrogens with two attached hydrogens (primary N) is 1. The Morgan fingerprint density at radius 2 is 1.89 bits per heavy atom. The van der Waals surface area contributed by atoms with Gasteiger partial charge >= 0.3 is 0 Å². The molecule has 1 saturated carbocycles. The van der Waals surface area contributed by atoms with Crippen molar-refractivity contribution in [3.8, 4) is 11.5 Å². The number of hydrogen-bond acceptors (Lipinski definition) is 3. The van der Waals surface area contributed by atoms with Gasteiger partial charge in [0.2, 0.25) is 0 Å². The summed E-state index contributed by atoms with van der Waals surface area (Å²) in [6.07, 6.45) is 4.62. The first-order chi connectivity index (χ1) is 8.57. The van der Waals surface area contributed by atoms with Crippen LogP contribution in [0.3, 0.4) is 0 Å². The number of hydrogen-bond donors (Lipinski definition) is 1. The molecule has 0 bridgehead atoms. The topological polar surface area (TPSA) is 44.5 Å². The molecule has 1 fully saturated rings. The van der Waals surface area contributed by atoms with Gasteiger partial charge in [-0.3, -0.25) is 0 Å². The molecule has 3 heteroatoms. The second kappa shape index (κ2) is 3.21. The standard InChI is InChI=1S/C15H19NO2/c1-8-5-10-7-12-11(6-9(2)17-12)13(14(10)18-8)15(16)3-4-15/h7-9H,3-6,16H2,1-2H3. The Kier molecular flexibility index (Phi) is 1.90. The Balaban J connectivity index is 1.94. The van der Waals surface area contributed by atoms with Crippen molar-refractivity contribution in [2.75, 3.05) is 0 Å². The lowest BCUT2D eigenvalue weighted by Gasteiger charge is -2.18. The minimum atomic E-state index is -0.146. The van der Waals surface area contributed by atoms with Crippen molar-refractivity contribution in [3.05, 3.63) is 22.8 Å². The second-order valence-electron chi connectivity index (χ2n) is 6.14. The highest BCUT2D eigenvalue weighted by molar-refractivity contribution is 5.61. The third kappa shape index (κ3) is 1.34. The van der Waals surface area contributed by atoms with Crippen LogP contribution in [0, 0.1) is 0 Å². The predicted molar refractivity (Wildman–Crippen MR) is 69.1 cm³/mol. The maximum absolute atomic E-state index is 6.47. The molecule has 2 aliphatic heterocycles. The fourth-order valence-electron chi connectivity index (χ4n) is 3.34. The van der Waals surface area contributed by atoms with E-state index in [2.05, 4.69) is 19.9 Å². The van der Waals surface area contributed by atoms with Crippen molar-refractivity contribution in [1.82, 2.24) is 0 Å². The molecule has 0 radical (unpaired) electrons. The number of fused-ring (bicyclic) bond motifs is 2. The van der Waals surface area contributed by atoms with Gasteiger partial charge in [-0.25, -0.2) is 0 Å². The number of rotatable bonds is 1. The minimum absolute atomic E-state index is 0.146. The van der Waals surface area contributed by atoms with Crippen LogP contribution in [0.1, 0.15) is 43.4 Å². The SMILES string of the molecule is CC1Cc2c(cc3c(c2C2(N)CC2)OC(C)C3)O1. The number of ether oxygens (including phenoxy) is 2. The van der Waals surface area contributed by atoms with Gasteiger partial charge in [0.05, 0.1) is 0 Å². The van der Waals surface area contributed by atoms with E-state index in [-0.39, 0.29) is 17.7 Å². The van der Waals surface area contributed by atoms with Crippen LogP contribution in [-0.4, -0.2) is 12.2 Å². The van der Waals surface area contributed by atoms with E-state index >= 15 is 0 Å². The molecular weight excluding hydrogens is 226 g/mol. The zero-order valence-corrected chi connectivity index (χ0v) is 11.0. The van der Waals surface area contributed by atoms with Crippen LogP contribution in [0.25, 0.3) is 0 Å². The summed E-state index contributed by atoms with van der Waals surface area (Å²) in [6.45, 7) is 4.24. The van der Waals surface area contributed by atoms with Gasteiger partial charge in [0.1, 0.15) is 23.7 Å². The van der Waals surface area contributed by atoms with Crippen molar-refractivity contribution in [3.63, 3.8) is 0 Å². The quantitative estimate of drug-likeness (QED) is 0.825. The van der Waals surface area contributed by atoms with Gasteiger partial charge in [-0.05, 0) is 32.8 Å². The van der Waals surface area contributed by atoms with Crippen LogP contribution in [0.15, 0.2) is 6.07 Å². The van der Waals surface area contributed by atoms with Crippen LogP contribution in [0.5, 0.6) is 11.5 Å². The van der Waals surface area contributed by atoms with Crippen LogP contribution in [-0.2, 0) is 18.4 Å². The minimum Gasteiger partial charge on any atom is -0.490 e. The lowest BCUT2D eigenvalue weighted by Crippen LogP contribution is -2.22. The zero-order chi connectivity index (χ0) is 12.5. The second-order valence-corrected chi connectivity index (χ2v) is 6.14. The summed E-state index contributed by atoms with van der Waals surface area (Å²) in [4.78, 5) is 0. The summed E-state index contributed by atoms with van der Waals surface area (Å²) >= 11 is 0. The summed E-state index contributed by atoms with van der Waals surface area (Å²) < 4.78 is 11.9. The van der Waals surface area contributed by atoms with Crippen LogP contribution in [0.2, 0.25) is 0 Å². The first kappa shape index (κ1) is 10.7. The number of benzene rings is 1. The molecular formula is C15H19NO2. The summed E-state index contributed by atoms with van der Waals surface area (Å²) in [5.74, 6) is 2.12. The molecule has 2 unspecified atom stereocenters. The Morgan fingerprint density at radius 1 is 1.17 bits per heavy atom. The summed E-state index contributed by atoms with van der Waals surface area (Å²) in [6, 6.07) is 2.17. The van der Waals surface area contributed by atoms with Crippen molar-refractivity contribution >= 4 is 0 Å². The Labute approximate surface area is 107 Å². The van der Waals surface area contributed by atoms with Gasteiger partial charge in [-0.2, -0.15) is 0 Å². The Hall–Kier alpha value is -1.22. The molecule has 96 valence electrons. The van der Waals surface area contributed by atoms with E-state index in [9.17, 15) is 0 Å². The van der Waals surface area contributed by atoms with Crippen molar-refractivity contribution < 1.29 is 9.47 Å². The van der Waals surface area contributed by atoms with Gasteiger partial charge in [0, 0.05) is 35.1 Å². The van der Waals surface area contributed by atoms with Gasteiger partial charge in [0.15, 0.2) is 0 Å². The lowest BCUT2D eigenvalue weighted by atomic mass is 9.92. The molecule has 2 heterocycles. The van der Waals surface area contributed by atoms with Gasteiger partial charge in [0.25, 0.3) is 0 Å². The summed E-state index contributed by atoms with van der Waals surface area (Å²) in [5, 5.41) is 0. The fraction of sp³-hybridized carbons (Fsp3) is 0.600. The third-order valence-corrected chi connectivity index (χ3v) is 4.36. The molecule has 0 saturated heterocycles. The molecule has 0 spiro atoms. The molecule has 3 nitrogen and oxygen atoms in total. The zero-order valence-electron chi connectivity index (χ0n) is 11.0. The van der Waals surface area contributed by atoms with Crippen molar-refractivity contribution in [2.45, 2.75) is 57.3 Å². The molecule has 0 amide bonds. The molecule has 0 aromatic heterocycles. The third-order valence-electron chi connectivity index (χ3n) is 4.36. The lowest BCUT2D eigenvalue weighted by molar-refractivity contribution is 0.250. The van der Waals surface area contributed by atoms with Gasteiger partial charge in [-0.1, -0.05) is 0 Å². The molecule has 3 aliphatic rings.